The van der Waals surface area contributed by atoms with E-state index in [0.717, 1.165) is 25.9 Å². The van der Waals surface area contributed by atoms with Gasteiger partial charge in [-0.05, 0) is 38.1 Å². The Balaban J connectivity index is 1.95. The van der Waals surface area contributed by atoms with Gasteiger partial charge >= 0.3 is 0 Å². The molecule has 2 aromatic carbocycles. The minimum Gasteiger partial charge on any atom is -0.496 e. The van der Waals surface area contributed by atoms with Gasteiger partial charge in [-0.1, -0.05) is 30.7 Å². The highest BCUT2D eigenvalue weighted by atomic mass is 35.5. The number of β-amino-alcohol motifs (C(OH)–C–C–N with tert-alkyl or cyclic N) is 1. The van der Waals surface area contributed by atoms with E-state index < -0.39 is 6.10 Å². The Kier molecular flexibility index (Phi) is 6.74. The minimum absolute atomic E-state index is 0.236. The van der Waals surface area contributed by atoms with Gasteiger partial charge in [-0.15, -0.1) is 0 Å². The maximum atomic E-state index is 13.2. The molecular formula is C25H28ClNO5. The SMILES string of the molecule is CCCN1CC[C@@H](c2c(OC)cc(OC)c3c(=O)cc(-c4ccccc4Cl)oc23)[C@H](O)C1. The first kappa shape index (κ1) is 22.6. The lowest BCUT2D eigenvalue weighted by molar-refractivity contribution is 0.0508. The summed E-state index contributed by atoms with van der Waals surface area (Å²) in [6.45, 7) is 4.48. The van der Waals surface area contributed by atoms with Crippen LogP contribution in [0.4, 0.5) is 0 Å². The van der Waals surface area contributed by atoms with Crippen molar-refractivity contribution in [1.82, 2.24) is 4.90 Å². The molecule has 0 saturated carbocycles. The summed E-state index contributed by atoms with van der Waals surface area (Å²) in [5, 5.41) is 11.9. The van der Waals surface area contributed by atoms with Crippen LogP contribution < -0.4 is 14.9 Å². The highest BCUT2D eigenvalue weighted by Gasteiger charge is 2.34. The second kappa shape index (κ2) is 9.53. The van der Waals surface area contributed by atoms with Crippen LogP contribution in [0, 0.1) is 0 Å². The Morgan fingerprint density at radius 1 is 1.19 bits per heavy atom. The summed E-state index contributed by atoms with van der Waals surface area (Å²) in [6, 6.07) is 10.4. The molecular weight excluding hydrogens is 430 g/mol. The van der Waals surface area contributed by atoms with E-state index in [-0.39, 0.29) is 11.3 Å². The molecule has 7 heteroatoms. The van der Waals surface area contributed by atoms with Gasteiger partial charge in [-0.2, -0.15) is 0 Å². The van der Waals surface area contributed by atoms with Crippen LogP contribution in [0.5, 0.6) is 11.5 Å². The van der Waals surface area contributed by atoms with Gasteiger partial charge in [0.2, 0.25) is 0 Å². The largest absolute Gasteiger partial charge is 0.496 e. The van der Waals surface area contributed by atoms with Crippen LogP contribution in [-0.4, -0.2) is 50.0 Å². The van der Waals surface area contributed by atoms with Gasteiger partial charge in [0.05, 0.1) is 25.3 Å². The van der Waals surface area contributed by atoms with Crippen LogP contribution in [0.25, 0.3) is 22.3 Å². The van der Waals surface area contributed by atoms with Crippen molar-refractivity contribution in [2.75, 3.05) is 33.9 Å². The highest BCUT2D eigenvalue weighted by molar-refractivity contribution is 6.33. The van der Waals surface area contributed by atoms with E-state index in [1.807, 2.05) is 18.2 Å². The Morgan fingerprint density at radius 2 is 1.94 bits per heavy atom. The van der Waals surface area contributed by atoms with E-state index in [2.05, 4.69) is 11.8 Å². The van der Waals surface area contributed by atoms with Gasteiger partial charge in [0.1, 0.15) is 28.2 Å². The summed E-state index contributed by atoms with van der Waals surface area (Å²) in [5.41, 5.74) is 1.45. The molecule has 1 fully saturated rings. The third-order valence-electron chi connectivity index (χ3n) is 6.12. The number of methoxy groups -OCH3 is 2. The predicted octanol–water partition coefficient (Wildman–Crippen LogP) is 4.69. The maximum Gasteiger partial charge on any atom is 0.197 e. The lowest BCUT2D eigenvalue weighted by Crippen LogP contribution is -2.43. The molecule has 1 saturated heterocycles. The monoisotopic (exact) mass is 457 g/mol. The fraction of sp³-hybridized carbons (Fsp3) is 0.400. The molecule has 1 aromatic heterocycles. The van der Waals surface area contributed by atoms with E-state index in [0.29, 0.717) is 50.9 Å². The van der Waals surface area contributed by atoms with E-state index >= 15 is 0 Å². The van der Waals surface area contributed by atoms with Crippen LogP contribution in [0.3, 0.4) is 0 Å². The molecule has 1 aliphatic rings. The van der Waals surface area contributed by atoms with Gasteiger partial charge < -0.3 is 23.9 Å². The molecule has 0 amide bonds. The number of nitrogens with zero attached hydrogens (tertiary/aromatic N) is 1. The summed E-state index contributed by atoms with van der Waals surface area (Å²) in [4.78, 5) is 15.5. The fourth-order valence-corrected chi connectivity index (χ4v) is 4.85. The number of benzene rings is 2. The van der Waals surface area contributed by atoms with Gasteiger partial charge in [0, 0.05) is 35.7 Å². The number of likely N-dealkylation sites (tertiary alicyclic amines) is 1. The molecule has 2 heterocycles. The Hall–Kier alpha value is -2.54. The zero-order chi connectivity index (χ0) is 22.8. The summed E-state index contributed by atoms with van der Waals surface area (Å²) in [5.74, 6) is 1.03. The number of hydrogen-bond donors (Lipinski definition) is 1. The van der Waals surface area contributed by atoms with Crippen LogP contribution >= 0.6 is 11.6 Å². The van der Waals surface area contributed by atoms with Crippen molar-refractivity contribution in [3.63, 3.8) is 0 Å². The molecule has 4 rings (SSSR count). The van der Waals surface area contributed by atoms with Gasteiger partial charge in [0.15, 0.2) is 5.43 Å². The number of hydrogen-bond acceptors (Lipinski definition) is 6. The van der Waals surface area contributed by atoms with Crippen LogP contribution in [0.1, 0.15) is 31.2 Å². The molecule has 0 bridgehead atoms. The average Bonchev–Trinajstić information content (AvgIpc) is 2.79. The van der Waals surface area contributed by atoms with Gasteiger partial charge in [-0.25, -0.2) is 0 Å². The number of rotatable bonds is 6. The second-order valence-corrected chi connectivity index (χ2v) is 8.52. The minimum atomic E-state index is -0.616. The van der Waals surface area contributed by atoms with Gasteiger partial charge in [0.25, 0.3) is 0 Å². The van der Waals surface area contributed by atoms with Crippen molar-refractivity contribution < 1.29 is 19.0 Å². The molecule has 6 nitrogen and oxygen atoms in total. The van der Waals surface area contributed by atoms with Crippen LogP contribution in [0.2, 0.25) is 5.02 Å². The molecule has 0 aliphatic carbocycles. The van der Waals surface area contributed by atoms with Crippen LogP contribution in [0.15, 0.2) is 45.6 Å². The van der Waals surface area contributed by atoms with E-state index in [1.165, 1.54) is 13.2 Å². The highest BCUT2D eigenvalue weighted by Crippen LogP contribution is 2.43. The van der Waals surface area contributed by atoms with Crippen molar-refractivity contribution in [3.05, 3.63) is 57.2 Å². The van der Waals surface area contributed by atoms with E-state index in [1.54, 1.807) is 19.2 Å². The summed E-state index contributed by atoms with van der Waals surface area (Å²) in [7, 11) is 3.08. The molecule has 0 radical (unpaired) electrons. The Labute approximate surface area is 192 Å². The Bertz CT molecular complexity index is 1170. The zero-order valence-corrected chi connectivity index (χ0v) is 19.3. The molecule has 32 heavy (non-hydrogen) atoms. The van der Waals surface area contributed by atoms with Crippen molar-refractivity contribution in [2.45, 2.75) is 31.8 Å². The standard InChI is InChI=1S/C25H28ClNO5/c1-4-10-27-11-9-16(19(29)14-27)23-21(30-2)13-22(31-3)24-18(28)12-20(32-25(23)24)15-7-5-6-8-17(15)26/h5-8,12-13,16,19,29H,4,9-11,14H2,1-3H3/t16-,19-/m1/s1. The zero-order valence-electron chi connectivity index (χ0n) is 18.6. The normalized spacial score (nSPS) is 19.3. The number of aliphatic hydroxyl groups excluding tert-OH is 1. The average molecular weight is 458 g/mol. The third kappa shape index (κ3) is 4.10. The third-order valence-corrected chi connectivity index (χ3v) is 6.45. The van der Waals surface area contributed by atoms with Crippen molar-refractivity contribution in [2.24, 2.45) is 0 Å². The maximum absolute atomic E-state index is 13.2. The molecule has 1 aliphatic heterocycles. The smallest absolute Gasteiger partial charge is 0.197 e. The van der Waals surface area contributed by atoms with Crippen molar-refractivity contribution >= 4 is 22.6 Å². The van der Waals surface area contributed by atoms with Gasteiger partial charge in [-0.3, -0.25) is 4.79 Å². The topological polar surface area (TPSA) is 72.1 Å². The van der Waals surface area contributed by atoms with E-state index in [4.69, 9.17) is 25.5 Å². The molecule has 3 aromatic rings. The first-order valence-corrected chi connectivity index (χ1v) is 11.2. The molecule has 0 unspecified atom stereocenters. The quantitative estimate of drug-likeness (QED) is 0.579. The number of piperidine rings is 1. The number of halogens is 1. The lowest BCUT2D eigenvalue weighted by atomic mass is 9.85. The number of fused-ring (bicyclic) bond motifs is 1. The summed E-state index contributed by atoms with van der Waals surface area (Å²) < 4.78 is 17.5. The lowest BCUT2D eigenvalue weighted by Gasteiger charge is -2.36. The molecule has 170 valence electrons. The molecule has 2 atom stereocenters. The van der Waals surface area contributed by atoms with Crippen molar-refractivity contribution in [1.29, 1.82) is 0 Å². The van der Waals surface area contributed by atoms with E-state index in [9.17, 15) is 9.90 Å². The molecule has 0 spiro atoms. The Morgan fingerprint density at radius 3 is 2.59 bits per heavy atom. The predicted molar refractivity (Wildman–Crippen MR) is 126 cm³/mol. The fourth-order valence-electron chi connectivity index (χ4n) is 4.63. The first-order valence-electron chi connectivity index (χ1n) is 10.9. The van der Waals surface area contributed by atoms with Crippen LogP contribution in [-0.2, 0) is 0 Å². The molecule has 1 N–H and O–H groups in total. The second-order valence-electron chi connectivity index (χ2n) is 8.12. The first-order chi connectivity index (χ1) is 15.5. The summed E-state index contributed by atoms with van der Waals surface area (Å²) >= 11 is 6.38. The number of aliphatic hydroxyl groups is 1. The summed E-state index contributed by atoms with van der Waals surface area (Å²) in [6.07, 6.45) is 1.14. The number of ether oxygens (including phenoxy) is 2. The van der Waals surface area contributed by atoms with Crippen molar-refractivity contribution in [3.8, 4) is 22.8 Å².